The number of amides is 1. The molecule has 0 radical (unpaired) electrons. The predicted molar refractivity (Wildman–Crippen MR) is 53.4 cm³/mol. The van der Waals surface area contributed by atoms with Gasteiger partial charge in [0.15, 0.2) is 0 Å². The lowest BCUT2D eigenvalue weighted by molar-refractivity contribution is -0.137. The van der Waals surface area contributed by atoms with Gasteiger partial charge in [0.2, 0.25) is 5.91 Å². The van der Waals surface area contributed by atoms with Crippen molar-refractivity contribution in [2.24, 2.45) is 17.1 Å². The van der Waals surface area contributed by atoms with Crippen molar-refractivity contribution in [3.05, 3.63) is 0 Å². The van der Waals surface area contributed by atoms with E-state index in [1.165, 1.54) is 0 Å². The highest BCUT2D eigenvalue weighted by atomic mass is 16.3. The van der Waals surface area contributed by atoms with Gasteiger partial charge in [0.05, 0.1) is 12.5 Å². The summed E-state index contributed by atoms with van der Waals surface area (Å²) in [6.07, 6.45) is -1.18. The molecule has 0 aliphatic carbocycles. The van der Waals surface area contributed by atoms with Crippen LogP contribution in [0.1, 0.15) is 34.1 Å². The second kappa shape index (κ2) is 4.55. The zero-order valence-corrected chi connectivity index (χ0v) is 9.20. The van der Waals surface area contributed by atoms with E-state index in [1.807, 2.05) is 0 Å². The zero-order valence-electron chi connectivity index (χ0n) is 9.20. The molecule has 1 unspecified atom stereocenters. The molecule has 1 amide bonds. The fourth-order valence-corrected chi connectivity index (χ4v) is 1.35. The van der Waals surface area contributed by atoms with Crippen LogP contribution in [0.2, 0.25) is 0 Å². The van der Waals surface area contributed by atoms with E-state index < -0.39 is 17.4 Å². The third kappa shape index (κ3) is 3.10. The van der Waals surface area contributed by atoms with E-state index in [9.17, 15) is 14.7 Å². The molecule has 0 rings (SSSR count). The van der Waals surface area contributed by atoms with Crippen LogP contribution < -0.4 is 5.73 Å². The molecule has 14 heavy (non-hydrogen) atoms. The van der Waals surface area contributed by atoms with E-state index in [4.69, 9.17) is 5.73 Å². The van der Waals surface area contributed by atoms with Gasteiger partial charge in [0.25, 0.3) is 0 Å². The Labute approximate surface area is 84.5 Å². The van der Waals surface area contributed by atoms with Gasteiger partial charge in [-0.05, 0) is 0 Å². The average Bonchev–Trinajstić information content (AvgIpc) is 2.01. The molecule has 0 spiro atoms. The highest BCUT2D eigenvalue weighted by Gasteiger charge is 2.37. The minimum atomic E-state index is -1.00. The summed E-state index contributed by atoms with van der Waals surface area (Å²) in [5.74, 6) is -0.819. The van der Waals surface area contributed by atoms with Crippen molar-refractivity contribution >= 4 is 11.7 Å². The quantitative estimate of drug-likeness (QED) is 0.678. The highest BCUT2D eigenvalue weighted by Crippen LogP contribution is 2.27. The van der Waals surface area contributed by atoms with Crippen LogP contribution in [0.15, 0.2) is 0 Å². The Kier molecular flexibility index (Phi) is 4.26. The number of primary amides is 1. The fraction of sp³-hybridized carbons (Fsp3) is 0.800. The standard InChI is InChI=1S/C10H19NO3/c1-6(2)9(14)10(3,4)7(12)5-8(11)13/h6-7,12H,5H2,1-4H3,(H2,11,13). The van der Waals surface area contributed by atoms with Crippen LogP contribution in [0.4, 0.5) is 0 Å². The van der Waals surface area contributed by atoms with Gasteiger partial charge in [0, 0.05) is 11.3 Å². The van der Waals surface area contributed by atoms with Crippen molar-refractivity contribution in [1.82, 2.24) is 0 Å². The second-order valence-corrected chi connectivity index (χ2v) is 4.43. The van der Waals surface area contributed by atoms with Crippen LogP contribution in [-0.2, 0) is 9.59 Å². The number of hydrogen-bond donors (Lipinski definition) is 2. The van der Waals surface area contributed by atoms with Gasteiger partial charge >= 0.3 is 0 Å². The third-order valence-corrected chi connectivity index (χ3v) is 2.39. The van der Waals surface area contributed by atoms with Crippen molar-refractivity contribution in [3.63, 3.8) is 0 Å². The van der Waals surface area contributed by atoms with E-state index in [1.54, 1.807) is 27.7 Å². The van der Waals surface area contributed by atoms with Crippen molar-refractivity contribution in [3.8, 4) is 0 Å². The zero-order chi connectivity index (χ0) is 11.5. The SMILES string of the molecule is CC(C)C(=O)C(C)(C)C(O)CC(N)=O. The number of nitrogens with two attached hydrogens (primary N) is 1. The van der Waals surface area contributed by atoms with E-state index in [0.29, 0.717) is 0 Å². The first-order chi connectivity index (χ1) is 6.19. The molecule has 0 aliphatic heterocycles. The van der Waals surface area contributed by atoms with Gasteiger partial charge < -0.3 is 10.8 Å². The van der Waals surface area contributed by atoms with Crippen LogP contribution in [-0.4, -0.2) is 22.9 Å². The Morgan fingerprint density at radius 1 is 1.36 bits per heavy atom. The van der Waals surface area contributed by atoms with Gasteiger partial charge in [0.1, 0.15) is 5.78 Å². The number of carbonyl (C=O) groups excluding carboxylic acids is 2. The van der Waals surface area contributed by atoms with Crippen LogP contribution >= 0.6 is 0 Å². The fourth-order valence-electron chi connectivity index (χ4n) is 1.35. The largest absolute Gasteiger partial charge is 0.392 e. The summed E-state index contributed by atoms with van der Waals surface area (Å²) in [5.41, 5.74) is 4.04. The van der Waals surface area contributed by atoms with Crippen LogP contribution in [0, 0.1) is 11.3 Å². The maximum atomic E-state index is 11.7. The molecule has 82 valence electrons. The van der Waals surface area contributed by atoms with Gasteiger partial charge in [-0.25, -0.2) is 0 Å². The summed E-state index contributed by atoms with van der Waals surface area (Å²) in [6, 6.07) is 0. The van der Waals surface area contributed by atoms with Gasteiger partial charge in [-0.3, -0.25) is 9.59 Å². The number of aliphatic hydroxyl groups excluding tert-OH is 1. The molecule has 4 nitrogen and oxygen atoms in total. The monoisotopic (exact) mass is 201 g/mol. The predicted octanol–water partition coefficient (Wildman–Crippen LogP) is 0.474. The molecule has 0 saturated heterocycles. The maximum absolute atomic E-state index is 11.7. The maximum Gasteiger partial charge on any atom is 0.220 e. The molecule has 1 atom stereocenters. The van der Waals surface area contributed by atoms with Crippen molar-refractivity contribution in [2.45, 2.75) is 40.2 Å². The number of aliphatic hydroxyl groups is 1. The van der Waals surface area contributed by atoms with E-state index in [0.717, 1.165) is 0 Å². The molecule has 0 fully saturated rings. The average molecular weight is 201 g/mol. The Morgan fingerprint density at radius 2 is 1.79 bits per heavy atom. The van der Waals surface area contributed by atoms with Crippen LogP contribution in [0.3, 0.4) is 0 Å². The van der Waals surface area contributed by atoms with Crippen molar-refractivity contribution < 1.29 is 14.7 Å². The van der Waals surface area contributed by atoms with E-state index >= 15 is 0 Å². The molecule has 3 N–H and O–H groups in total. The first-order valence-electron chi connectivity index (χ1n) is 4.70. The molecule has 0 bridgehead atoms. The van der Waals surface area contributed by atoms with E-state index in [2.05, 4.69) is 0 Å². The van der Waals surface area contributed by atoms with Crippen molar-refractivity contribution in [1.29, 1.82) is 0 Å². The van der Waals surface area contributed by atoms with Gasteiger partial charge in [-0.1, -0.05) is 27.7 Å². The lowest BCUT2D eigenvalue weighted by Crippen LogP contribution is -2.41. The number of rotatable bonds is 5. The van der Waals surface area contributed by atoms with Crippen LogP contribution in [0.25, 0.3) is 0 Å². The van der Waals surface area contributed by atoms with E-state index in [-0.39, 0.29) is 18.1 Å². The minimum absolute atomic E-state index is 0.0637. The molecule has 0 heterocycles. The molecule has 0 aliphatic rings. The van der Waals surface area contributed by atoms with Crippen molar-refractivity contribution in [2.75, 3.05) is 0 Å². The summed E-state index contributed by atoms with van der Waals surface area (Å²) in [6.45, 7) is 6.79. The van der Waals surface area contributed by atoms with Gasteiger partial charge in [-0.2, -0.15) is 0 Å². The summed E-state index contributed by atoms with van der Waals surface area (Å²) in [5, 5.41) is 9.64. The molecule has 0 aromatic rings. The Hall–Kier alpha value is -0.900. The Morgan fingerprint density at radius 3 is 2.07 bits per heavy atom. The Bertz CT molecular complexity index is 234. The number of hydrogen-bond acceptors (Lipinski definition) is 3. The number of Topliss-reactive ketones (excluding diaryl/α,β-unsaturated/α-hetero) is 1. The summed E-state index contributed by atoms with van der Waals surface area (Å²) in [4.78, 5) is 22.3. The Balaban J connectivity index is 4.59. The molecule has 0 aromatic carbocycles. The minimum Gasteiger partial charge on any atom is -0.392 e. The smallest absolute Gasteiger partial charge is 0.220 e. The lowest BCUT2D eigenvalue weighted by atomic mass is 9.76. The highest BCUT2D eigenvalue weighted by molar-refractivity contribution is 5.87. The summed E-state index contributed by atoms with van der Waals surface area (Å²) >= 11 is 0. The molecular weight excluding hydrogens is 182 g/mol. The first kappa shape index (κ1) is 13.1. The van der Waals surface area contributed by atoms with Crippen LogP contribution in [0.5, 0.6) is 0 Å². The number of ketones is 1. The van der Waals surface area contributed by atoms with Gasteiger partial charge in [-0.15, -0.1) is 0 Å². The third-order valence-electron chi connectivity index (χ3n) is 2.39. The second-order valence-electron chi connectivity index (χ2n) is 4.43. The molecular formula is C10H19NO3. The number of carbonyl (C=O) groups is 2. The summed E-state index contributed by atoms with van der Waals surface area (Å²) < 4.78 is 0. The molecule has 0 saturated carbocycles. The lowest BCUT2D eigenvalue weighted by Gasteiger charge is -2.29. The topological polar surface area (TPSA) is 80.4 Å². The first-order valence-corrected chi connectivity index (χ1v) is 4.70. The summed E-state index contributed by atoms with van der Waals surface area (Å²) in [7, 11) is 0. The normalized spacial score (nSPS) is 14.1. The molecule has 0 aromatic heterocycles. The molecule has 4 heteroatoms.